The van der Waals surface area contributed by atoms with Crippen molar-refractivity contribution in [2.24, 2.45) is 35.7 Å². The lowest BCUT2D eigenvalue weighted by atomic mass is 9.80. The quantitative estimate of drug-likeness (QED) is 0.0228. The first kappa shape index (κ1) is 83.3. The summed E-state index contributed by atoms with van der Waals surface area (Å²) in [5, 5.41) is 69.4. The minimum atomic E-state index is 0.0327. The predicted octanol–water partition coefficient (Wildman–Crippen LogP) is 14.2. The van der Waals surface area contributed by atoms with Gasteiger partial charge in [-0.2, -0.15) is 0 Å². The van der Waals surface area contributed by atoms with E-state index >= 15 is 0 Å². The van der Waals surface area contributed by atoms with Crippen LogP contribution in [-0.2, 0) is 10.8 Å². The van der Waals surface area contributed by atoms with Crippen LogP contribution in [-0.4, -0.2) is 180 Å². The largest absolute Gasteiger partial charge is 0.507 e. The number of nitrogens with one attached hydrogen (secondary N) is 1. The van der Waals surface area contributed by atoms with Gasteiger partial charge >= 0.3 is 0 Å². The summed E-state index contributed by atoms with van der Waals surface area (Å²) in [7, 11) is 5.93. The van der Waals surface area contributed by atoms with Gasteiger partial charge in [0, 0.05) is 93.8 Å². The van der Waals surface area contributed by atoms with Crippen molar-refractivity contribution in [3.8, 4) is 34.5 Å². The molecule has 0 radical (unpaired) electrons. The van der Waals surface area contributed by atoms with Crippen LogP contribution in [0.4, 0.5) is 5.69 Å². The first-order valence-corrected chi connectivity index (χ1v) is 32.8. The monoisotopic (exact) mass is 1310 g/mol. The number of rotatable bonds is 22. The second-order valence-electron chi connectivity index (χ2n) is 24.9. The molecule has 10 N–H and O–H groups in total. The second kappa shape index (κ2) is 44.8. The molecule has 0 aromatic heterocycles. The zero-order valence-electron chi connectivity index (χ0n) is 60.4. The third kappa shape index (κ3) is 31.6. The molecule has 0 aliphatic heterocycles. The number of hydrogen-bond acceptors (Lipinski definition) is 17. The molecule has 0 bridgehead atoms. The van der Waals surface area contributed by atoms with Gasteiger partial charge in [-0.1, -0.05) is 134 Å². The molecule has 0 saturated carbocycles. The summed E-state index contributed by atoms with van der Waals surface area (Å²) in [5.74, 6) is 1.64. The van der Waals surface area contributed by atoms with Gasteiger partial charge in [0.1, 0.15) is 34.5 Å². The van der Waals surface area contributed by atoms with Crippen LogP contribution in [0.5, 0.6) is 34.5 Å². The van der Waals surface area contributed by atoms with E-state index in [2.05, 4.69) is 114 Å². The zero-order chi connectivity index (χ0) is 71.8. The minimum Gasteiger partial charge on any atom is -0.507 e. The van der Waals surface area contributed by atoms with E-state index in [0.29, 0.717) is 36.9 Å². The number of phenols is 6. The second-order valence-corrected chi connectivity index (χ2v) is 24.9. The first-order chi connectivity index (χ1) is 45.5. The molecule has 0 saturated heterocycles. The molecule has 0 aliphatic carbocycles. The van der Waals surface area contributed by atoms with Crippen LogP contribution >= 0.6 is 0 Å². The van der Waals surface area contributed by atoms with Crippen molar-refractivity contribution in [2.45, 2.75) is 108 Å². The standard InChI is InChI=1S/C22H29NO.C14H22N2O.C12H18N2O.C11H16N2O.C10H14N2O.C10H13NO2/c1-15(19-10-8-9-11-20(19)24)23-18-13-16(21(2,3)4)12-17(14-18)22(5,6)7;1-4-16(5-2)11-10-15-12(3)13-8-6-7-9-14(13)17;1-10(13-8-9-14(2)3)11-6-4-5-7-12(11)15;1-9(13-8-7-12-2)10-5-3-4-6-11(10)14;1-8(12-7-6-11)9-4-2-3-5-10(9)13;1-8(11-6-7-12)9-4-2-3-5-10(9)13/h8-14,24H,1-7H3;6-9,17H,4-5,10-11H2,1-3H3;4-7,15H,8-9H2,1-3H3;3-6,12,14H,7-8H2,1-2H3;2-5,13H,6-7,11H2,1H3;2-5,12-13H,6-7H2,1H3. The fraction of sp³-hybridized carbons (Fsp3) is 0.392. The molecule has 7 aromatic carbocycles. The van der Waals surface area contributed by atoms with Crippen molar-refractivity contribution >= 4 is 40.0 Å². The number of aliphatic hydroxyl groups excluding tert-OH is 1. The summed E-state index contributed by atoms with van der Waals surface area (Å²) in [6.45, 7) is 37.7. The highest BCUT2D eigenvalue weighted by Gasteiger charge is 2.21. The van der Waals surface area contributed by atoms with Gasteiger partial charge in [0.25, 0.3) is 0 Å². The van der Waals surface area contributed by atoms with Crippen LogP contribution < -0.4 is 11.1 Å². The van der Waals surface area contributed by atoms with E-state index < -0.39 is 0 Å². The van der Waals surface area contributed by atoms with Gasteiger partial charge in [-0.3, -0.25) is 30.0 Å². The van der Waals surface area contributed by atoms with Gasteiger partial charge in [-0.05, 0) is 183 Å². The van der Waals surface area contributed by atoms with Crippen LogP contribution in [0.25, 0.3) is 0 Å². The number of hydrogen-bond donors (Lipinski definition) is 9. The number of nitrogens with zero attached hydrogens (tertiary/aromatic N) is 8. The maximum absolute atomic E-state index is 10.0. The molecule has 0 unspecified atom stereocenters. The van der Waals surface area contributed by atoms with Gasteiger partial charge in [0.15, 0.2) is 0 Å². The van der Waals surface area contributed by atoms with Gasteiger partial charge in [0.2, 0.25) is 0 Å². The summed E-state index contributed by atoms with van der Waals surface area (Å²) >= 11 is 0. The SMILES string of the molecule is CC(=NCCN(C)C)c1ccccc1O.CC(=NCCN)c1ccccc1O.CC(=NCCO)c1ccccc1O.CC(=Nc1cc(C(C)(C)C)cc(C(C)(C)C)c1)c1ccccc1O.CCN(CC)CCN=C(C)c1ccccc1O.CNCCN=C(C)c1ccccc1O. The molecule has 17 heteroatoms. The van der Waals surface area contributed by atoms with Crippen LogP contribution in [0.1, 0.15) is 141 Å². The highest BCUT2D eigenvalue weighted by atomic mass is 16.3. The highest BCUT2D eigenvalue weighted by molar-refractivity contribution is 6.04. The van der Waals surface area contributed by atoms with Crippen molar-refractivity contribution in [1.29, 1.82) is 0 Å². The summed E-state index contributed by atoms with van der Waals surface area (Å²) < 4.78 is 0. The first-order valence-electron chi connectivity index (χ1n) is 32.8. The Bertz CT molecular complexity index is 3500. The van der Waals surface area contributed by atoms with E-state index in [1.807, 2.05) is 148 Å². The maximum atomic E-state index is 10.0. The molecule has 0 amide bonds. The minimum absolute atomic E-state index is 0.0327. The van der Waals surface area contributed by atoms with Crippen LogP contribution in [0, 0.1) is 0 Å². The molecular formula is C79H112N10O7. The average molecular weight is 1310 g/mol. The molecule has 0 spiro atoms. The van der Waals surface area contributed by atoms with Gasteiger partial charge in [-0.15, -0.1) is 0 Å². The Morgan fingerprint density at radius 3 is 0.958 bits per heavy atom. The fourth-order valence-electron chi connectivity index (χ4n) is 9.00. The Labute approximate surface area is 574 Å². The highest BCUT2D eigenvalue weighted by Crippen LogP contribution is 2.34. The third-order valence-electron chi connectivity index (χ3n) is 14.9. The third-order valence-corrected chi connectivity index (χ3v) is 14.9. The lowest BCUT2D eigenvalue weighted by molar-refractivity contribution is 0.307. The summed E-state index contributed by atoms with van der Waals surface area (Å²) in [6.07, 6.45) is 0. The Balaban J connectivity index is 0.000000398. The maximum Gasteiger partial charge on any atom is 0.124 e. The number of aliphatic imine (C=N–C) groups is 6. The van der Waals surface area contributed by atoms with E-state index in [0.717, 1.165) is 126 Å². The number of aromatic hydroxyl groups is 6. The fourth-order valence-corrected chi connectivity index (χ4v) is 9.00. The van der Waals surface area contributed by atoms with Crippen molar-refractivity contribution in [2.75, 3.05) is 99.7 Å². The van der Waals surface area contributed by atoms with Gasteiger partial charge < -0.3 is 56.6 Å². The molecule has 520 valence electrons. The van der Waals surface area contributed by atoms with Crippen molar-refractivity contribution < 1.29 is 35.7 Å². The number of benzene rings is 7. The summed E-state index contributed by atoms with van der Waals surface area (Å²) in [6, 6.07) is 49.9. The lowest BCUT2D eigenvalue weighted by Gasteiger charge is -2.25. The van der Waals surface area contributed by atoms with E-state index in [4.69, 9.17) is 15.8 Å². The number of nitrogens with two attached hydrogens (primary N) is 1. The molecule has 7 aromatic rings. The Kier molecular flexibility index (Phi) is 38.8. The van der Waals surface area contributed by atoms with Gasteiger partial charge in [0.05, 0.1) is 45.0 Å². The average Bonchev–Trinajstić information content (AvgIpc) is 0.814. The molecule has 0 aliphatic rings. The number of phenolic OH excluding ortho intramolecular Hbond substituents is 6. The lowest BCUT2D eigenvalue weighted by Crippen LogP contribution is -2.25. The van der Waals surface area contributed by atoms with Crippen LogP contribution in [0.3, 0.4) is 0 Å². The summed E-state index contributed by atoms with van der Waals surface area (Å²) in [5.41, 5.74) is 18.7. The van der Waals surface area contributed by atoms with Crippen LogP contribution in [0.2, 0.25) is 0 Å². The molecule has 0 fully saturated rings. The zero-order valence-corrected chi connectivity index (χ0v) is 60.4. The summed E-state index contributed by atoms with van der Waals surface area (Å²) in [4.78, 5) is 30.8. The van der Waals surface area contributed by atoms with E-state index in [1.165, 1.54) is 11.1 Å². The normalized spacial score (nSPS) is 12.2. The molecule has 17 nitrogen and oxygen atoms in total. The molecule has 96 heavy (non-hydrogen) atoms. The van der Waals surface area contributed by atoms with Crippen molar-refractivity contribution in [3.63, 3.8) is 0 Å². The predicted molar refractivity (Wildman–Crippen MR) is 406 cm³/mol. The van der Waals surface area contributed by atoms with E-state index in [9.17, 15) is 30.6 Å². The van der Waals surface area contributed by atoms with E-state index in [-0.39, 0.29) is 34.7 Å². The molecule has 7 rings (SSSR count). The number of likely N-dealkylation sites (N-methyl/N-ethyl adjacent to an activating group) is 3. The van der Waals surface area contributed by atoms with Crippen LogP contribution in [0.15, 0.2) is 194 Å². The van der Waals surface area contributed by atoms with E-state index in [1.54, 1.807) is 60.7 Å². The Morgan fingerprint density at radius 2 is 0.688 bits per heavy atom. The Hall–Kier alpha value is -8.84. The molecule has 0 atom stereocenters. The number of aliphatic hydroxyl groups is 1. The molecular weight excluding hydrogens is 1200 g/mol. The Morgan fingerprint density at radius 1 is 0.406 bits per heavy atom. The molecule has 0 heterocycles. The van der Waals surface area contributed by atoms with Crippen molar-refractivity contribution in [3.05, 3.63) is 208 Å². The topological polar surface area (TPSA) is 260 Å². The van der Waals surface area contributed by atoms with Crippen molar-refractivity contribution in [1.82, 2.24) is 15.1 Å². The number of para-hydroxylation sites is 6. The van der Waals surface area contributed by atoms with Gasteiger partial charge in [-0.25, -0.2) is 0 Å². The smallest absolute Gasteiger partial charge is 0.124 e.